The molecule has 1 aromatic rings. The summed E-state index contributed by atoms with van der Waals surface area (Å²) < 4.78 is 19.0. The van der Waals surface area contributed by atoms with E-state index in [-0.39, 0.29) is 17.3 Å². The van der Waals surface area contributed by atoms with Gasteiger partial charge in [-0.1, -0.05) is 26.8 Å². The molecule has 3 heteroatoms. The molecule has 2 unspecified atom stereocenters. The van der Waals surface area contributed by atoms with Crippen LogP contribution in [-0.4, -0.2) is 18.7 Å². The van der Waals surface area contributed by atoms with Gasteiger partial charge < -0.3 is 10.1 Å². The van der Waals surface area contributed by atoms with Crippen molar-refractivity contribution in [1.82, 2.24) is 5.32 Å². The Morgan fingerprint density at radius 2 is 2.22 bits per heavy atom. The van der Waals surface area contributed by atoms with Gasteiger partial charge in [0.2, 0.25) is 0 Å². The van der Waals surface area contributed by atoms with Crippen LogP contribution in [-0.2, 0) is 0 Å². The lowest BCUT2D eigenvalue weighted by Gasteiger charge is -2.51. The van der Waals surface area contributed by atoms with Gasteiger partial charge in [-0.15, -0.1) is 0 Å². The fourth-order valence-electron chi connectivity index (χ4n) is 2.45. The van der Waals surface area contributed by atoms with Gasteiger partial charge in [0, 0.05) is 23.9 Å². The van der Waals surface area contributed by atoms with Gasteiger partial charge in [0.15, 0.2) is 0 Å². The van der Waals surface area contributed by atoms with Crippen molar-refractivity contribution in [2.75, 3.05) is 6.54 Å². The highest BCUT2D eigenvalue weighted by Gasteiger charge is 2.49. The molecule has 0 spiro atoms. The van der Waals surface area contributed by atoms with Gasteiger partial charge in [-0.05, 0) is 25.1 Å². The van der Waals surface area contributed by atoms with Gasteiger partial charge in [0.25, 0.3) is 0 Å². The molecule has 1 fully saturated rings. The maximum Gasteiger partial charge on any atom is 0.126 e. The SMILES string of the molecule is CCCNC1CC(Oc2cccc(F)c2)C1(C)C. The van der Waals surface area contributed by atoms with E-state index in [4.69, 9.17) is 4.74 Å². The fourth-order valence-corrected chi connectivity index (χ4v) is 2.45. The Bertz CT molecular complexity index is 405. The van der Waals surface area contributed by atoms with Crippen molar-refractivity contribution in [3.05, 3.63) is 30.1 Å². The van der Waals surface area contributed by atoms with Gasteiger partial charge in [0.05, 0.1) is 0 Å². The highest BCUT2D eigenvalue weighted by molar-refractivity contribution is 5.24. The Morgan fingerprint density at radius 1 is 1.44 bits per heavy atom. The summed E-state index contributed by atoms with van der Waals surface area (Å²) in [6, 6.07) is 6.87. The number of hydrogen-bond donors (Lipinski definition) is 1. The minimum absolute atomic E-state index is 0.0987. The summed E-state index contributed by atoms with van der Waals surface area (Å²) in [7, 11) is 0. The van der Waals surface area contributed by atoms with E-state index < -0.39 is 0 Å². The second-order valence-corrected chi connectivity index (χ2v) is 5.63. The summed E-state index contributed by atoms with van der Waals surface area (Å²) in [6.07, 6.45) is 2.29. The molecule has 0 amide bonds. The summed E-state index contributed by atoms with van der Waals surface area (Å²) in [4.78, 5) is 0. The van der Waals surface area contributed by atoms with E-state index >= 15 is 0 Å². The normalized spacial score (nSPS) is 25.6. The Kier molecular flexibility index (Phi) is 3.91. The van der Waals surface area contributed by atoms with Crippen molar-refractivity contribution < 1.29 is 9.13 Å². The predicted octanol–water partition coefficient (Wildman–Crippen LogP) is 3.37. The average molecular weight is 251 g/mol. The van der Waals surface area contributed by atoms with Crippen LogP contribution >= 0.6 is 0 Å². The lowest BCUT2D eigenvalue weighted by molar-refractivity contribution is -0.0547. The third-order valence-electron chi connectivity index (χ3n) is 3.89. The van der Waals surface area contributed by atoms with Gasteiger partial charge in [-0.3, -0.25) is 0 Å². The fraction of sp³-hybridized carbons (Fsp3) is 0.600. The topological polar surface area (TPSA) is 21.3 Å². The summed E-state index contributed by atoms with van der Waals surface area (Å²) in [5.41, 5.74) is 0.0987. The molecule has 0 aliphatic heterocycles. The molecule has 0 aromatic heterocycles. The number of nitrogens with one attached hydrogen (secondary N) is 1. The molecule has 0 heterocycles. The van der Waals surface area contributed by atoms with Crippen molar-refractivity contribution in [3.63, 3.8) is 0 Å². The van der Waals surface area contributed by atoms with Crippen molar-refractivity contribution in [1.29, 1.82) is 0 Å². The van der Waals surface area contributed by atoms with Crippen LogP contribution < -0.4 is 10.1 Å². The first kappa shape index (κ1) is 13.3. The van der Waals surface area contributed by atoms with Crippen LogP contribution in [0.5, 0.6) is 5.75 Å². The highest BCUT2D eigenvalue weighted by Crippen LogP contribution is 2.43. The highest BCUT2D eigenvalue weighted by atomic mass is 19.1. The van der Waals surface area contributed by atoms with E-state index in [0.29, 0.717) is 11.8 Å². The minimum Gasteiger partial charge on any atom is -0.490 e. The Labute approximate surface area is 109 Å². The summed E-state index contributed by atoms with van der Waals surface area (Å²) in [5.74, 6) is 0.382. The molecule has 2 nitrogen and oxygen atoms in total. The first-order valence-corrected chi connectivity index (χ1v) is 6.69. The van der Waals surface area contributed by atoms with E-state index in [1.165, 1.54) is 12.1 Å². The molecule has 0 radical (unpaired) electrons. The maximum absolute atomic E-state index is 13.1. The zero-order valence-corrected chi connectivity index (χ0v) is 11.4. The second kappa shape index (κ2) is 5.27. The lowest BCUT2D eigenvalue weighted by Crippen LogP contribution is -2.62. The standard InChI is InChI=1S/C15H22FNO/c1-4-8-17-13-10-14(15(13,2)3)18-12-7-5-6-11(16)9-12/h5-7,9,13-14,17H,4,8,10H2,1-3H3. The second-order valence-electron chi connectivity index (χ2n) is 5.63. The van der Waals surface area contributed by atoms with Gasteiger partial charge in [-0.25, -0.2) is 4.39 Å². The number of benzene rings is 1. The quantitative estimate of drug-likeness (QED) is 0.866. The monoisotopic (exact) mass is 251 g/mol. The minimum atomic E-state index is -0.245. The molecule has 0 bridgehead atoms. The molecule has 1 N–H and O–H groups in total. The van der Waals surface area contributed by atoms with E-state index in [0.717, 1.165) is 19.4 Å². The molecule has 1 aliphatic rings. The van der Waals surface area contributed by atoms with E-state index in [9.17, 15) is 4.39 Å². The van der Waals surface area contributed by atoms with Crippen LogP contribution in [0.25, 0.3) is 0 Å². The van der Waals surface area contributed by atoms with Crippen LogP contribution in [0.2, 0.25) is 0 Å². The number of hydrogen-bond acceptors (Lipinski definition) is 2. The van der Waals surface area contributed by atoms with Crippen molar-refractivity contribution in [2.45, 2.75) is 45.8 Å². The zero-order chi connectivity index (χ0) is 13.2. The Hall–Kier alpha value is -1.09. The first-order valence-electron chi connectivity index (χ1n) is 6.69. The van der Waals surface area contributed by atoms with Crippen molar-refractivity contribution in [3.8, 4) is 5.75 Å². The predicted molar refractivity (Wildman–Crippen MR) is 71.3 cm³/mol. The van der Waals surface area contributed by atoms with Gasteiger partial charge >= 0.3 is 0 Å². The van der Waals surface area contributed by atoms with Crippen LogP contribution in [0.4, 0.5) is 4.39 Å². The average Bonchev–Trinajstić information content (AvgIpc) is 2.33. The number of ether oxygens (including phenoxy) is 1. The molecule has 100 valence electrons. The first-order chi connectivity index (χ1) is 8.54. The smallest absolute Gasteiger partial charge is 0.126 e. The van der Waals surface area contributed by atoms with E-state index in [2.05, 4.69) is 26.1 Å². The van der Waals surface area contributed by atoms with Crippen LogP contribution in [0.1, 0.15) is 33.6 Å². The molecular weight excluding hydrogens is 229 g/mol. The molecule has 18 heavy (non-hydrogen) atoms. The zero-order valence-electron chi connectivity index (χ0n) is 11.4. The molecule has 1 aliphatic carbocycles. The van der Waals surface area contributed by atoms with E-state index in [1.54, 1.807) is 6.07 Å². The Balaban J connectivity index is 1.93. The van der Waals surface area contributed by atoms with Crippen molar-refractivity contribution >= 4 is 0 Å². The number of halogens is 1. The summed E-state index contributed by atoms with van der Waals surface area (Å²) in [5, 5.41) is 3.53. The van der Waals surface area contributed by atoms with Crippen LogP contribution in [0, 0.1) is 11.2 Å². The van der Waals surface area contributed by atoms with Crippen LogP contribution in [0.15, 0.2) is 24.3 Å². The lowest BCUT2D eigenvalue weighted by atomic mass is 9.64. The summed E-state index contributed by atoms with van der Waals surface area (Å²) >= 11 is 0. The molecule has 1 aromatic carbocycles. The van der Waals surface area contributed by atoms with Crippen molar-refractivity contribution in [2.24, 2.45) is 5.41 Å². The molecule has 2 rings (SSSR count). The van der Waals surface area contributed by atoms with Gasteiger partial charge in [0.1, 0.15) is 17.7 Å². The Morgan fingerprint density at radius 3 is 2.83 bits per heavy atom. The maximum atomic E-state index is 13.1. The molecular formula is C15H22FNO. The largest absolute Gasteiger partial charge is 0.490 e. The summed E-state index contributed by atoms with van der Waals surface area (Å²) in [6.45, 7) is 7.61. The van der Waals surface area contributed by atoms with Crippen LogP contribution in [0.3, 0.4) is 0 Å². The molecule has 0 saturated heterocycles. The number of rotatable bonds is 5. The molecule has 2 atom stereocenters. The molecule has 1 saturated carbocycles. The van der Waals surface area contributed by atoms with Gasteiger partial charge in [-0.2, -0.15) is 0 Å². The third kappa shape index (κ3) is 2.66. The third-order valence-corrected chi connectivity index (χ3v) is 3.89. The van der Waals surface area contributed by atoms with E-state index in [1.807, 2.05) is 6.07 Å².